The van der Waals surface area contributed by atoms with Gasteiger partial charge in [0.25, 0.3) is 5.91 Å². The van der Waals surface area contributed by atoms with Gasteiger partial charge in [0.15, 0.2) is 0 Å². The molecular weight excluding hydrogens is 263 g/mol. The third-order valence-electron chi connectivity index (χ3n) is 2.53. The number of nitrogens with one attached hydrogen (secondary N) is 1. The van der Waals surface area contributed by atoms with Crippen molar-refractivity contribution in [2.75, 3.05) is 0 Å². The fourth-order valence-electron chi connectivity index (χ4n) is 1.49. The molecule has 1 unspecified atom stereocenters. The summed E-state index contributed by atoms with van der Waals surface area (Å²) in [6, 6.07) is 1.99. The molecule has 0 radical (unpaired) electrons. The van der Waals surface area contributed by atoms with Crippen molar-refractivity contribution in [1.82, 2.24) is 5.32 Å². The van der Waals surface area contributed by atoms with Gasteiger partial charge >= 0.3 is 5.97 Å². The van der Waals surface area contributed by atoms with Crippen molar-refractivity contribution in [3.05, 3.63) is 35.1 Å². The highest BCUT2D eigenvalue weighted by molar-refractivity contribution is 5.97. The maximum atomic E-state index is 13.2. The molecule has 0 saturated heterocycles. The quantitative estimate of drug-likeness (QED) is 0.863. The van der Waals surface area contributed by atoms with Gasteiger partial charge in [0.2, 0.25) is 6.43 Å². The Hall–Kier alpha value is -2.05. The van der Waals surface area contributed by atoms with Crippen LogP contribution in [0.4, 0.5) is 13.2 Å². The van der Waals surface area contributed by atoms with Gasteiger partial charge < -0.3 is 10.4 Å². The Labute approximate surface area is 107 Å². The van der Waals surface area contributed by atoms with Crippen LogP contribution in [0.3, 0.4) is 0 Å². The number of benzene rings is 1. The minimum absolute atomic E-state index is 0.0289. The number of hydrogen-bond donors (Lipinski definition) is 2. The second-order valence-corrected chi connectivity index (χ2v) is 3.90. The number of hydrogen-bond acceptors (Lipinski definition) is 2. The van der Waals surface area contributed by atoms with Crippen LogP contribution >= 0.6 is 0 Å². The lowest BCUT2D eigenvalue weighted by Gasteiger charge is -2.15. The van der Waals surface area contributed by atoms with Crippen LogP contribution in [0, 0.1) is 12.7 Å². The molecule has 0 fully saturated rings. The summed E-state index contributed by atoms with van der Waals surface area (Å²) < 4.78 is 37.6. The van der Waals surface area contributed by atoms with Crippen molar-refractivity contribution in [2.24, 2.45) is 0 Å². The summed E-state index contributed by atoms with van der Waals surface area (Å²) in [5.74, 6) is -3.10. The molecule has 1 aromatic rings. The minimum Gasteiger partial charge on any atom is -0.480 e. The molecule has 1 rings (SSSR count). The monoisotopic (exact) mass is 275 g/mol. The van der Waals surface area contributed by atoms with Crippen LogP contribution in [0.15, 0.2) is 18.2 Å². The van der Waals surface area contributed by atoms with E-state index in [0.29, 0.717) is 0 Å². The number of aliphatic carboxylic acids is 1. The number of carboxylic acids is 1. The normalized spacial score (nSPS) is 12.3. The van der Waals surface area contributed by atoms with E-state index in [1.165, 1.54) is 19.1 Å². The van der Waals surface area contributed by atoms with Gasteiger partial charge in [-0.3, -0.25) is 4.79 Å². The first-order chi connectivity index (χ1) is 8.82. The van der Waals surface area contributed by atoms with E-state index in [4.69, 9.17) is 5.11 Å². The Morgan fingerprint density at radius 3 is 2.53 bits per heavy atom. The van der Waals surface area contributed by atoms with E-state index in [0.717, 1.165) is 6.07 Å². The molecule has 0 aliphatic rings. The molecular formula is C12H12F3NO3. The van der Waals surface area contributed by atoms with Crippen LogP contribution in [0.5, 0.6) is 0 Å². The topological polar surface area (TPSA) is 66.4 Å². The summed E-state index contributed by atoms with van der Waals surface area (Å²) in [7, 11) is 0. The summed E-state index contributed by atoms with van der Waals surface area (Å²) in [6.07, 6.45) is -3.87. The number of amides is 1. The summed E-state index contributed by atoms with van der Waals surface area (Å²) in [5.41, 5.74) is -0.0540. The van der Waals surface area contributed by atoms with Crippen LogP contribution in [0.25, 0.3) is 0 Å². The molecule has 0 heterocycles. The van der Waals surface area contributed by atoms with Crippen LogP contribution in [-0.4, -0.2) is 29.5 Å². The van der Waals surface area contributed by atoms with E-state index in [2.05, 4.69) is 0 Å². The van der Waals surface area contributed by atoms with Crippen molar-refractivity contribution in [3.63, 3.8) is 0 Å². The smallest absolute Gasteiger partial charge is 0.326 e. The highest BCUT2D eigenvalue weighted by Gasteiger charge is 2.25. The van der Waals surface area contributed by atoms with Gasteiger partial charge in [-0.2, -0.15) is 0 Å². The Balaban J connectivity index is 2.88. The summed E-state index contributed by atoms with van der Waals surface area (Å²) in [5, 5.41) is 10.7. The average molecular weight is 275 g/mol. The van der Waals surface area contributed by atoms with Crippen LogP contribution in [0.1, 0.15) is 22.3 Å². The number of carboxylic acid groups (broad SMARTS) is 1. The van der Waals surface area contributed by atoms with E-state index in [-0.39, 0.29) is 11.1 Å². The maximum absolute atomic E-state index is 13.2. The number of carbonyl (C=O) groups excluding carboxylic acids is 1. The number of halogens is 3. The van der Waals surface area contributed by atoms with E-state index < -0.39 is 36.6 Å². The van der Waals surface area contributed by atoms with Gasteiger partial charge in [-0.15, -0.1) is 0 Å². The van der Waals surface area contributed by atoms with Crippen LogP contribution in [-0.2, 0) is 4.79 Å². The number of carbonyl (C=O) groups is 2. The molecule has 104 valence electrons. The third kappa shape index (κ3) is 3.97. The lowest BCUT2D eigenvalue weighted by Crippen LogP contribution is -2.42. The van der Waals surface area contributed by atoms with E-state index >= 15 is 0 Å². The van der Waals surface area contributed by atoms with E-state index in [1.807, 2.05) is 5.32 Å². The fraction of sp³-hybridized carbons (Fsp3) is 0.333. The van der Waals surface area contributed by atoms with E-state index in [1.54, 1.807) is 0 Å². The Morgan fingerprint density at radius 2 is 2.00 bits per heavy atom. The largest absolute Gasteiger partial charge is 0.480 e. The summed E-state index contributed by atoms with van der Waals surface area (Å²) in [4.78, 5) is 22.5. The zero-order valence-electron chi connectivity index (χ0n) is 9.99. The van der Waals surface area contributed by atoms with Gasteiger partial charge in [0.1, 0.15) is 11.9 Å². The predicted octanol–water partition coefficient (Wildman–Crippen LogP) is 1.97. The van der Waals surface area contributed by atoms with Crippen molar-refractivity contribution in [1.29, 1.82) is 0 Å². The van der Waals surface area contributed by atoms with Gasteiger partial charge in [0, 0.05) is 12.0 Å². The molecule has 7 heteroatoms. The maximum Gasteiger partial charge on any atom is 0.326 e. The Kier molecular flexibility index (Phi) is 4.91. The second kappa shape index (κ2) is 6.21. The molecule has 2 N–H and O–H groups in total. The molecule has 19 heavy (non-hydrogen) atoms. The van der Waals surface area contributed by atoms with Gasteiger partial charge in [-0.1, -0.05) is 6.07 Å². The minimum atomic E-state index is -2.87. The third-order valence-corrected chi connectivity index (χ3v) is 2.53. The first-order valence-electron chi connectivity index (χ1n) is 5.40. The summed E-state index contributed by atoms with van der Waals surface area (Å²) >= 11 is 0. The lowest BCUT2D eigenvalue weighted by atomic mass is 10.1. The standard InChI is InChI=1S/C12H12F3NO3/c1-6-7(3-2-4-8(6)13)11(17)16-9(12(18)19)5-10(14)15/h2-4,9-10H,5H2,1H3,(H,16,17)(H,18,19). The van der Waals surface area contributed by atoms with Crippen molar-refractivity contribution >= 4 is 11.9 Å². The number of alkyl halides is 2. The van der Waals surface area contributed by atoms with E-state index in [9.17, 15) is 22.8 Å². The van der Waals surface area contributed by atoms with Gasteiger partial charge in [0.05, 0.1) is 0 Å². The molecule has 0 bridgehead atoms. The van der Waals surface area contributed by atoms with Gasteiger partial charge in [-0.25, -0.2) is 18.0 Å². The highest BCUT2D eigenvalue weighted by Crippen LogP contribution is 2.13. The molecule has 0 aromatic heterocycles. The SMILES string of the molecule is Cc1c(F)cccc1C(=O)NC(CC(F)F)C(=O)O. The molecule has 0 saturated carbocycles. The Morgan fingerprint density at radius 1 is 1.37 bits per heavy atom. The molecule has 1 aromatic carbocycles. The Bertz CT molecular complexity index is 491. The van der Waals surface area contributed by atoms with Crippen molar-refractivity contribution in [3.8, 4) is 0 Å². The van der Waals surface area contributed by atoms with Crippen LogP contribution < -0.4 is 5.32 Å². The van der Waals surface area contributed by atoms with Crippen molar-refractivity contribution < 1.29 is 27.9 Å². The highest BCUT2D eigenvalue weighted by atomic mass is 19.3. The second-order valence-electron chi connectivity index (χ2n) is 3.90. The molecule has 0 spiro atoms. The lowest BCUT2D eigenvalue weighted by molar-refractivity contribution is -0.140. The zero-order chi connectivity index (χ0) is 14.6. The summed E-state index contributed by atoms with van der Waals surface area (Å²) in [6.45, 7) is 1.34. The van der Waals surface area contributed by atoms with Crippen molar-refractivity contribution in [2.45, 2.75) is 25.8 Å². The molecule has 0 aliphatic carbocycles. The predicted molar refractivity (Wildman–Crippen MR) is 60.6 cm³/mol. The zero-order valence-corrected chi connectivity index (χ0v) is 9.99. The first kappa shape index (κ1) is 15.0. The molecule has 1 amide bonds. The molecule has 4 nitrogen and oxygen atoms in total. The first-order valence-corrected chi connectivity index (χ1v) is 5.40. The van der Waals surface area contributed by atoms with Gasteiger partial charge in [-0.05, 0) is 24.6 Å². The molecule has 0 aliphatic heterocycles. The molecule has 1 atom stereocenters. The van der Waals surface area contributed by atoms with Crippen LogP contribution in [0.2, 0.25) is 0 Å². The average Bonchev–Trinajstić information content (AvgIpc) is 2.31. The number of rotatable bonds is 5. The fourth-order valence-corrected chi connectivity index (χ4v) is 1.49.